The molecule has 0 saturated carbocycles. The van der Waals surface area contributed by atoms with E-state index in [9.17, 15) is 9.59 Å². The first-order valence-corrected chi connectivity index (χ1v) is 14.0. The number of anilines is 2. The minimum absolute atomic E-state index is 0.317. The number of nitrogens with zero attached hydrogens (tertiary/aromatic N) is 1. The zero-order valence-corrected chi connectivity index (χ0v) is 22.9. The summed E-state index contributed by atoms with van der Waals surface area (Å²) in [5, 5.41) is 19.5. The number of rotatable bonds is 7. The van der Waals surface area contributed by atoms with E-state index in [1.165, 1.54) is 40.2 Å². The van der Waals surface area contributed by atoms with Crippen LogP contribution in [0.4, 0.5) is 11.4 Å². The molecule has 3 atom stereocenters. The van der Waals surface area contributed by atoms with Crippen molar-refractivity contribution in [3.8, 4) is 5.75 Å². The van der Waals surface area contributed by atoms with E-state index >= 15 is 0 Å². The first-order valence-electron chi connectivity index (χ1n) is 13.0. The van der Waals surface area contributed by atoms with Gasteiger partial charge in [-0.15, -0.1) is 11.8 Å². The van der Waals surface area contributed by atoms with Crippen LogP contribution in [-0.2, 0) is 15.3 Å². The van der Waals surface area contributed by atoms with Crippen LogP contribution in [0, 0.1) is 0 Å². The lowest BCUT2D eigenvalue weighted by atomic mass is 9.85. The number of carboxylic acids is 2. The summed E-state index contributed by atoms with van der Waals surface area (Å²) in [6.07, 6.45) is 3.56. The monoisotopic (exact) mass is 546 g/mol. The Balaban J connectivity index is 0.000000386. The number of ether oxygens (including phenoxy) is 1. The molecule has 0 aromatic heterocycles. The van der Waals surface area contributed by atoms with E-state index in [2.05, 4.69) is 89.9 Å². The Labute approximate surface area is 233 Å². The van der Waals surface area contributed by atoms with Crippen molar-refractivity contribution in [1.82, 2.24) is 5.32 Å². The first-order chi connectivity index (χ1) is 18.9. The van der Waals surface area contributed by atoms with Crippen LogP contribution >= 0.6 is 11.8 Å². The Morgan fingerprint density at radius 2 is 1.62 bits per heavy atom. The lowest BCUT2D eigenvalue weighted by Gasteiger charge is -2.42. The predicted octanol–water partition coefficient (Wildman–Crippen LogP) is 6.08. The molecule has 5 rings (SSSR count). The molecule has 0 aliphatic carbocycles. The minimum Gasteiger partial charge on any atom is -0.497 e. The summed E-state index contributed by atoms with van der Waals surface area (Å²) in [6.45, 7) is 3.48. The van der Waals surface area contributed by atoms with Crippen molar-refractivity contribution < 1.29 is 24.5 Å². The van der Waals surface area contributed by atoms with Gasteiger partial charge in [-0.05, 0) is 60.8 Å². The van der Waals surface area contributed by atoms with Crippen molar-refractivity contribution in [2.45, 2.75) is 48.4 Å². The molecule has 39 heavy (non-hydrogen) atoms. The number of methoxy groups -OCH3 is 1. The van der Waals surface area contributed by atoms with Gasteiger partial charge in [0.1, 0.15) is 5.75 Å². The maximum absolute atomic E-state index is 9.55. The average molecular weight is 547 g/mol. The Hall–Kier alpha value is -3.75. The van der Waals surface area contributed by atoms with Crippen molar-refractivity contribution in [2.75, 3.05) is 18.6 Å². The molecule has 1 saturated heterocycles. The number of fused-ring (bicyclic) bond motifs is 2. The lowest BCUT2D eigenvalue weighted by molar-refractivity contribution is -0.134. The van der Waals surface area contributed by atoms with Crippen molar-refractivity contribution >= 4 is 35.1 Å². The zero-order valence-electron chi connectivity index (χ0n) is 22.1. The molecule has 204 valence electrons. The third-order valence-corrected chi connectivity index (χ3v) is 8.20. The molecule has 3 N–H and O–H groups in total. The zero-order chi connectivity index (χ0) is 27.8. The van der Waals surface area contributed by atoms with E-state index in [1.807, 2.05) is 11.8 Å². The second kappa shape index (κ2) is 13.4. The van der Waals surface area contributed by atoms with Gasteiger partial charge in [-0.1, -0.05) is 49.4 Å². The number of para-hydroxylation sites is 2. The van der Waals surface area contributed by atoms with Gasteiger partial charge in [0.25, 0.3) is 0 Å². The fourth-order valence-corrected chi connectivity index (χ4v) is 6.30. The van der Waals surface area contributed by atoms with Gasteiger partial charge in [-0.25, -0.2) is 9.59 Å². The highest BCUT2D eigenvalue weighted by Gasteiger charge is 2.38. The van der Waals surface area contributed by atoms with Crippen molar-refractivity contribution in [1.29, 1.82) is 0 Å². The summed E-state index contributed by atoms with van der Waals surface area (Å²) in [6, 6.07) is 27.3. The molecule has 2 aliphatic rings. The van der Waals surface area contributed by atoms with Gasteiger partial charge in [-0.2, -0.15) is 0 Å². The fourth-order valence-electron chi connectivity index (χ4n) is 5.25. The molecule has 7 nitrogen and oxygen atoms in total. The summed E-state index contributed by atoms with van der Waals surface area (Å²) in [4.78, 5) is 23.1. The molecule has 2 unspecified atom stereocenters. The van der Waals surface area contributed by atoms with Crippen LogP contribution in [0.2, 0.25) is 0 Å². The third kappa shape index (κ3) is 7.02. The van der Waals surface area contributed by atoms with Gasteiger partial charge in [0.2, 0.25) is 0 Å². The second-order valence-corrected chi connectivity index (χ2v) is 10.5. The number of carboxylic acid groups (broad SMARTS) is 2. The number of carbonyl (C=O) groups is 2. The standard InChI is InChI=1S/C27H30N2OS.C4H4O4/c1-19(20-13-15-22(30-2)16-14-20)27(23-9-7-17-28-23)29-24-10-4-3-8-21(24)18-31-26-12-6-5-11-25(26)29;5-3(6)1-2-4(7)8/h3-6,8,10-16,19,23,27-28H,7,9,17-18H2,1-2H3;1-2H,(H,5,6)(H,7,8)/t19?,23?,27-;/m0./s1. The van der Waals surface area contributed by atoms with Crippen molar-refractivity contribution in [3.05, 3.63) is 96.1 Å². The van der Waals surface area contributed by atoms with Crippen LogP contribution in [-0.4, -0.2) is 47.9 Å². The van der Waals surface area contributed by atoms with E-state index in [0.29, 0.717) is 30.2 Å². The maximum Gasteiger partial charge on any atom is 0.328 e. The van der Waals surface area contributed by atoms with E-state index in [4.69, 9.17) is 14.9 Å². The van der Waals surface area contributed by atoms with Gasteiger partial charge in [0.15, 0.2) is 0 Å². The van der Waals surface area contributed by atoms with Crippen LogP contribution in [0.3, 0.4) is 0 Å². The maximum atomic E-state index is 9.55. The third-order valence-electron chi connectivity index (χ3n) is 7.09. The van der Waals surface area contributed by atoms with Crippen molar-refractivity contribution in [3.63, 3.8) is 0 Å². The molecule has 2 aliphatic heterocycles. The highest BCUT2D eigenvalue weighted by molar-refractivity contribution is 7.98. The summed E-state index contributed by atoms with van der Waals surface area (Å²) >= 11 is 1.95. The topological polar surface area (TPSA) is 99.1 Å². The quantitative estimate of drug-likeness (QED) is 0.307. The highest BCUT2D eigenvalue weighted by Crippen LogP contribution is 2.46. The van der Waals surface area contributed by atoms with Crippen LogP contribution in [0.15, 0.2) is 89.8 Å². The molecule has 0 amide bonds. The number of hydrogen-bond acceptors (Lipinski definition) is 6. The molecule has 3 aromatic carbocycles. The largest absolute Gasteiger partial charge is 0.497 e. The summed E-state index contributed by atoms with van der Waals surface area (Å²) in [5.74, 6) is -0.246. The molecule has 2 heterocycles. The first kappa shape index (κ1) is 28.3. The number of hydrogen-bond donors (Lipinski definition) is 3. The van der Waals surface area contributed by atoms with E-state index < -0.39 is 11.9 Å². The normalized spacial score (nSPS) is 17.7. The van der Waals surface area contributed by atoms with Gasteiger partial charge in [0, 0.05) is 40.4 Å². The molecule has 8 heteroatoms. The second-order valence-electron chi connectivity index (χ2n) is 9.52. The molecule has 1 fully saturated rings. The predicted molar refractivity (Wildman–Crippen MR) is 155 cm³/mol. The Morgan fingerprint density at radius 1 is 0.974 bits per heavy atom. The SMILES string of the molecule is COc1ccc(C(C)[C@@H](C2CCCN2)N2c3ccccc3CSc3ccccc32)cc1.O=C(O)C=CC(=O)O. The van der Waals surface area contributed by atoms with E-state index in [0.717, 1.165) is 18.0 Å². The lowest BCUT2D eigenvalue weighted by Crippen LogP contribution is -2.49. The summed E-state index contributed by atoms with van der Waals surface area (Å²) in [7, 11) is 1.73. The van der Waals surface area contributed by atoms with Crippen molar-refractivity contribution in [2.24, 2.45) is 0 Å². The fraction of sp³-hybridized carbons (Fsp3) is 0.290. The van der Waals surface area contributed by atoms with Gasteiger partial charge in [-0.3, -0.25) is 0 Å². The Morgan fingerprint density at radius 3 is 2.23 bits per heavy atom. The highest BCUT2D eigenvalue weighted by atomic mass is 32.2. The van der Waals surface area contributed by atoms with Gasteiger partial charge in [0.05, 0.1) is 18.8 Å². The average Bonchev–Trinajstić information content (AvgIpc) is 3.43. The molecular formula is C31H34N2O5S. The molecule has 3 aromatic rings. The summed E-state index contributed by atoms with van der Waals surface area (Å²) in [5.41, 5.74) is 5.44. The van der Waals surface area contributed by atoms with Gasteiger partial charge < -0.3 is 25.2 Å². The number of benzene rings is 3. The van der Waals surface area contributed by atoms with Crippen LogP contribution in [0.25, 0.3) is 0 Å². The number of thioether (sulfide) groups is 1. The van der Waals surface area contributed by atoms with Crippen LogP contribution in [0.1, 0.15) is 36.8 Å². The molecule has 0 radical (unpaired) electrons. The molecule has 0 bridgehead atoms. The van der Waals surface area contributed by atoms with E-state index in [1.54, 1.807) is 7.11 Å². The number of nitrogens with one attached hydrogen (secondary N) is 1. The van der Waals surface area contributed by atoms with Gasteiger partial charge >= 0.3 is 11.9 Å². The minimum atomic E-state index is -1.26. The number of aliphatic carboxylic acids is 2. The van der Waals surface area contributed by atoms with E-state index in [-0.39, 0.29) is 0 Å². The Bertz CT molecular complexity index is 1240. The molecular weight excluding hydrogens is 512 g/mol. The smallest absolute Gasteiger partial charge is 0.328 e. The van der Waals surface area contributed by atoms with Crippen LogP contribution < -0.4 is 15.0 Å². The Kier molecular flexibility index (Phi) is 9.68. The summed E-state index contributed by atoms with van der Waals surface area (Å²) < 4.78 is 5.41. The van der Waals surface area contributed by atoms with Crippen LogP contribution in [0.5, 0.6) is 5.75 Å². The molecule has 0 spiro atoms.